The van der Waals surface area contributed by atoms with E-state index in [1.807, 2.05) is 24.3 Å². The number of urea groups is 1. The molecule has 2 aliphatic heterocycles. The second-order valence-corrected chi connectivity index (χ2v) is 8.92. The Morgan fingerprint density at radius 1 is 0.735 bits per heavy atom. The van der Waals surface area contributed by atoms with Gasteiger partial charge in [0, 0.05) is 36.3 Å². The predicted molar refractivity (Wildman–Crippen MR) is 128 cm³/mol. The molecule has 0 radical (unpaired) electrons. The second-order valence-electron chi connectivity index (χ2n) is 8.92. The van der Waals surface area contributed by atoms with Gasteiger partial charge < -0.3 is 31.5 Å². The van der Waals surface area contributed by atoms with Crippen molar-refractivity contribution in [3.05, 3.63) is 59.7 Å². The minimum atomic E-state index is -0.805. The summed E-state index contributed by atoms with van der Waals surface area (Å²) in [6, 6.07) is 14.1. The lowest BCUT2D eigenvalue weighted by Crippen LogP contribution is -2.38. The van der Waals surface area contributed by atoms with E-state index in [0.29, 0.717) is 50.4 Å². The molecule has 2 aliphatic rings. The number of benzene rings is 2. The van der Waals surface area contributed by atoms with Gasteiger partial charge in [-0.15, -0.1) is 0 Å². The molecule has 4 rings (SSSR count). The number of hydrogen-bond donors (Lipinski definition) is 6. The minimum absolute atomic E-state index is 0.168. The fourth-order valence-corrected chi connectivity index (χ4v) is 5.00. The normalized spacial score (nSPS) is 24.7. The molecular formula is C25H30N4O5. The number of carboxylic acid groups (broad SMARTS) is 2. The molecule has 34 heavy (non-hydrogen) atoms. The van der Waals surface area contributed by atoms with Gasteiger partial charge in [-0.05, 0) is 61.3 Å². The summed E-state index contributed by atoms with van der Waals surface area (Å²) in [6.45, 7) is 2.51. The number of carboxylic acids is 2. The van der Waals surface area contributed by atoms with E-state index in [-0.39, 0.29) is 11.8 Å². The van der Waals surface area contributed by atoms with Gasteiger partial charge in [-0.3, -0.25) is 9.59 Å². The monoisotopic (exact) mass is 466 g/mol. The fourth-order valence-electron chi connectivity index (χ4n) is 5.00. The lowest BCUT2D eigenvalue weighted by molar-refractivity contribution is -0.144. The summed E-state index contributed by atoms with van der Waals surface area (Å²) < 4.78 is 0. The molecule has 9 heteroatoms. The van der Waals surface area contributed by atoms with Crippen molar-refractivity contribution in [2.75, 3.05) is 36.8 Å². The zero-order valence-corrected chi connectivity index (χ0v) is 18.8. The van der Waals surface area contributed by atoms with Crippen LogP contribution in [-0.2, 0) is 9.59 Å². The summed E-state index contributed by atoms with van der Waals surface area (Å²) in [5.74, 6) is -2.87. The van der Waals surface area contributed by atoms with E-state index >= 15 is 0 Å². The first-order chi connectivity index (χ1) is 16.4. The van der Waals surface area contributed by atoms with E-state index in [0.717, 1.165) is 11.1 Å². The van der Waals surface area contributed by atoms with E-state index < -0.39 is 29.8 Å². The van der Waals surface area contributed by atoms with Gasteiger partial charge in [0.25, 0.3) is 0 Å². The van der Waals surface area contributed by atoms with Crippen LogP contribution < -0.4 is 21.3 Å². The molecule has 2 saturated heterocycles. The van der Waals surface area contributed by atoms with Crippen LogP contribution in [-0.4, -0.2) is 54.4 Å². The quantitative estimate of drug-likeness (QED) is 0.385. The first-order valence-electron chi connectivity index (χ1n) is 11.6. The number of hydrogen-bond acceptors (Lipinski definition) is 5. The van der Waals surface area contributed by atoms with Crippen LogP contribution in [0.25, 0.3) is 0 Å². The first-order valence-corrected chi connectivity index (χ1v) is 11.6. The fraction of sp³-hybridized carbons (Fsp3) is 0.400. The Morgan fingerprint density at radius 3 is 1.59 bits per heavy atom. The van der Waals surface area contributed by atoms with Gasteiger partial charge in [0.15, 0.2) is 0 Å². The summed E-state index contributed by atoms with van der Waals surface area (Å²) >= 11 is 0. The Kier molecular flexibility index (Phi) is 7.44. The molecule has 2 heterocycles. The third-order valence-electron chi connectivity index (χ3n) is 6.74. The van der Waals surface area contributed by atoms with Crippen LogP contribution in [0.4, 0.5) is 16.2 Å². The summed E-state index contributed by atoms with van der Waals surface area (Å²) in [7, 11) is 0. The molecule has 0 spiro atoms. The van der Waals surface area contributed by atoms with Gasteiger partial charge >= 0.3 is 18.0 Å². The van der Waals surface area contributed by atoms with Crippen molar-refractivity contribution in [3.63, 3.8) is 0 Å². The van der Waals surface area contributed by atoms with Gasteiger partial charge in [-0.2, -0.15) is 0 Å². The van der Waals surface area contributed by atoms with E-state index in [2.05, 4.69) is 21.3 Å². The van der Waals surface area contributed by atoms with Crippen LogP contribution >= 0.6 is 0 Å². The average molecular weight is 467 g/mol. The van der Waals surface area contributed by atoms with Crippen LogP contribution in [0.3, 0.4) is 0 Å². The maximum Gasteiger partial charge on any atom is 0.323 e. The molecule has 0 saturated carbocycles. The van der Waals surface area contributed by atoms with Crippen LogP contribution in [0.1, 0.15) is 35.8 Å². The summed E-state index contributed by atoms with van der Waals surface area (Å²) in [6.07, 6.45) is 1.13. The third kappa shape index (κ3) is 5.55. The topological polar surface area (TPSA) is 140 Å². The smallest absolute Gasteiger partial charge is 0.323 e. The highest BCUT2D eigenvalue weighted by atomic mass is 16.4. The van der Waals surface area contributed by atoms with Gasteiger partial charge in [-0.1, -0.05) is 24.3 Å². The van der Waals surface area contributed by atoms with Crippen LogP contribution in [0.15, 0.2) is 48.5 Å². The average Bonchev–Trinajstić information content (AvgIpc) is 2.84. The van der Waals surface area contributed by atoms with E-state index in [1.54, 1.807) is 24.3 Å². The molecule has 2 amide bonds. The van der Waals surface area contributed by atoms with Crippen molar-refractivity contribution in [2.24, 2.45) is 11.8 Å². The van der Waals surface area contributed by atoms with Crippen molar-refractivity contribution in [2.45, 2.75) is 24.7 Å². The molecule has 6 N–H and O–H groups in total. The SMILES string of the molecule is O=C(Nc1cccc([C@@H]2CNCC[C@H]2C(=O)O)c1)Nc1cccc([C@@H]2CNCC[C@H]2C(=O)O)c1. The third-order valence-corrected chi connectivity index (χ3v) is 6.74. The summed E-state index contributed by atoms with van der Waals surface area (Å²) in [4.78, 5) is 36.0. The zero-order chi connectivity index (χ0) is 24.1. The number of piperidine rings is 2. The molecule has 0 aromatic heterocycles. The maximum absolute atomic E-state index is 12.7. The minimum Gasteiger partial charge on any atom is -0.481 e. The molecule has 2 fully saturated rings. The predicted octanol–water partition coefficient (Wildman–Crippen LogP) is 2.89. The molecule has 180 valence electrons. The molecule has 0 bridgehead atoms. The lowest BCUT2D eigenvalue weighted by atomic mass is 9.81. The molecule has 9 nitrogen and oxygen atoms in total. The van der Waals surface area contributed by atoms with E-state index in [9.17, 15) is 24.6 Å². The Balaban J connectivity index is 1.43. The molecule has 0 unspecified atom stereocenters. The standard InChI is InChI=1S/C25H30N4O5/c30-23(31)19-7-9-26-13-21(19)15-3-1-5-17(11-15)28-25(34)29-18-6-2-4-16(12-18)22-14-27-10-8-20(22)24(32)33/h1-6,11-12,19-22,26-27H,7-10,13-14H2,(H,30,31)(H,32,33)(H2,28,29,34)/t19-,20-,21+,22+/m1/s1. The molecule has 2 aromatic rings. The Hall–Kier alpha value is -3.43. The van der Waals surface area contributed by atoms with Gasteiger partial charge in [0.1, 0.15) is 0 Å². The van der Waals surface area contributed by atoms with Gasteiger partial charge in [0.05, 0.1) is 11.8 Å². The van der Waals surface area contributed by atoms with Crippen molar-refractivity contribution >= 4 is 29.3 Å². The van der Waals surface area contributed by atoms with Crippen molar-refractivity contribution in [1.29, 1.82) is 0 Å². The summed E-state index contributed by atoms with van der Waals surface area (Å²) in [5, 5.41) is 31.3. The molecular weight excluding hydrogens is 436 g/mol. The highest BCUT2D eigenvalue weighted by Gasteiger charge is 2.33. The first kappa shape index (κ1) is 23.7. The number of anilines is 2. The summed E-state index contributed by atoms with van der Waals surface area (Å²) in [5.41, 5.74) is 2.87. The molecule has 0 aliphatic carbocycles. The number of aliphatic carboxylic acids is 2. The number of nitrogens with one attached hydrogen (secondary N) is 4. The second kappa shape index (κ2) is 10.7. The van der Waals surface area contributed by atoms with Gasteiger partial charge in [-0.25, -0.2) is 4.79 Å². The molecule has 2 aromatic carbocycles. The van der Waals surface area contributed by atoms with E-state index in [1.165, 1.54) is 0 Å². The van der Waals surface area contributed by atoms with Crippen LogP contribution in [0.2, 0.25) is 0 Å². The highest BCUT2D eigenvalue weighted by Crippen LogP contribution is 2.32. The highest BCUT2D eigenvalue weighted by molar-refractivity contribution is 5.99. The van der Waals surface area contributed by atoms with E-state index in [4.69, 9.17) is 0 Å². The maximum atomic E-state index is 12.7. The Labute approximate surface area is 197 Å². The van der Waals surface area contributed by atoms with Crippen molar-refractivity contribution in [3.8, 4) is 0 Å². The van der Waals surface area contributed by atoms with Gasteiger partial charge in [0.2, 0.25) is 0 Å². The number of carbonyl (C=O) groups excluding carboxylic acids is 1. The van der Waals surface area contributed by atoms with Crippen LogP contribution in [0, 0.1) is 11.8 Å². The Bertz CT molecular complexity index is 978. The number of amides is 2. The molecule has 4 atom stereocenters. The van der Waals surface area contributed by atoms with Crippen LogP contribution in [0.5, 0.6) is 0 Å². The van der Waals surface area contributed by atoms with Crippen molar-refractivity contribution in [1.82, 2.24) is 10.6 Å². The van der Waals surface area contributed by atoms with Crippen molar-refractivity contribution < 1.29 is 24.6 Å². The largest absolute Gasteiger partial charge is 0.481 e. The zero-order valence-electron chi connectivity index (χ0n) is 18.8. The Morgan fingerprint density at radius 2 is 1.18 bits per heavy atom. The number of rotatable bonds is 6. The number of carbonyl (C=O) groups is 3. The lowest BCUT2D eigenvalue weighted by Gasteiger charge is -2.30.